The summed E-state index contributed by atoms with van der Waals surface area (Å²) in [5, 5.41) is 10.4. The van der Waals surface area contributed by atoms with Crippen LogP contribution < -0.4 is 10.2 Å². The smallest absolute Gasteiger partial charge is 0.338 e. The van der Waals surface area contributed by atoms with Gasteiger partial charge in [-0.05, 0) is 102 Å². The highest BCUT2D eigenvalue weighted by atomic mass is 79.9. The summed E-state index contributed by atoms with van der Waals surface area (Å²) in [6.07, 6.45) is -5.54. The third-order valence-corrected chi connectivity index (χ3v) is 12.5. The molecule has 4 atom stereocenters. The van der Waals surface area contributed by atoms with E-state index in [2.05, 4.69) is 31.9 Å². The summed E-state index contributed by atoms with van der Waals surface area (Å²) in [6, 6.07) is 49.4. The van der Waals surface area contributed by atoms with Crippen LogP contribution in [0.2, 0.25) is 0 Å². The lowest BCUT2D eigenvalue weighted by Gasteiger charge is -2.28. The predicted molar refractivity (Wildman–Crippen MR) is 260 cm³/mol. The highest BCUT2D eigenvalue weighted by Gasteiger charge is 2.52. The zero-order valence-corrected chi connectivity index (χ0v) is 39.4. The number of methoxy groups -OCH3 is 1. The van der Waals surface area contributed by atoms with Gasteiger partial charge in [0.2, 0.25) is 0 Å². The molecule has 12 nitrogen and oxygen atoms in total. The van der Waals surface area contributed by atoms with Gasteiger partial charge < -0.3 is 23.7 Å². The maximum Gasteiger partial charge on any atom is 0.338 e. The summed E-state index contributed by atoms with van der Waals surface area (Å²) in [5.41, 5.74) is 3.87. The van der Waals surface area contributed by atoms with E-state index in [0.717, 1.165) is 20.1 Å². The summed E-state index contributed by atoms with van der Waals surface area (Å²) in [5.74, 6) is -1.76. The highest BCUT2D eigenvalue weighted by Crippen LogP contribution is 2.40. The molecule has 0 aliphatic carbocycles. The van der Waals surface area contributed by atoms with E-state index < -0.39 is 49.1 Å². The number of halogens is 2. The molecule has 67 heavy (non-hydrogen) atoms. The van der Waals surface area contributed by atoms with Crippen LogP contribution in [0.4, 0.5) is 0 Å². The van der Waals surface area contributed by atoms with Crippen molar-refractivity contribution in [3.63, 3.8) is 0 Å². The van der Waals surface area contributed by atoms with Gasteiger partial charge in [0.1, 0.15) is 29.6 Å². The molecule has 1 saturated heterocycles. The fourth-order valence-electron chi connectivity index (χ4n) is 7.93. The molecule has 1 aliphatic heterocycles. The number of hydrogen-bond acceptors (Lipinski definition) is 11. The first-order chi connectivity index (χ1) is 32.6. The molecular weight excluding hydrogens is 1000 g/mol. The van der Waals surface area contributed by atoms with Gasteiger partial charge in [0, 0.05) is 14.5 Å². The molecule has 0 amide bonds. The second kappa shape index (κ2) is 19.8. The van der Waals surface area contributed by atoms with E-state index in [9.17, 15) is 19.8 Å². The molecule has 0 radical (unpaired) electrons. The lowest BCUT2D eigenvalue weighted by molar-refractivity contribution is -0.0617. The summed E-state index contributed by atoms with van der Waals surface area (Å²) >= 11 is 13.6. The van der Waals surface area contributed by atoms with Crippen LogP contribution in [0.5, 0.6) is 5.75 Å². The Labute approximate surface area is 406 Å². The molecule has 9 rings (SSSR count). The van der Waals surface area contributed by atoms with Crippen LogP contribution in [-0.2, 0) is 18.9 Å². The SMILES string of the molecule is COc1ccccc1-n1c(=N)c2c(-c3cccc(Br)c3)cc(-c3ccc(Br)cc3)nc2n([C@@H]2O[C@H](COC(=O)c3ccccc3)[C@@H](OC(=O)c3ccccc3)[C@H]2OC(=O)c2ccccc2)c1=S. The number of rotatable bonds is 12. The number of hydrogen-bond donors (Lipinski definition) is 1. The van der Waals surface area contributed by atoms with E-state index in [0.29, 0.717) is 28.1 Å². The summed E-state index contributed by atoms with van der Waals surface area (Å²) in [6.45, 7) is -0.439. The number of nitrogens with zero attached hydrogens (tertiary/aromatic N) is 3. The predicted octanol–water partition coefficient (Wildman–Crippen LogP) is 11.1. The van der Waals surface area contributed by atoms with Crippen molar-refractivity contribution in [2.24, 2.45) is 0 Å². The average Bonchev–Trinajstić information content (AvgIpc) is 3.68. The van der Waals surface area contributed by atoms with Crippen LogP contribution in [0.25, 0.3) is 39.1 Å². The Kier molecular flexibility index (Phi) is 13.4. The second-order valence-corrected chi connectivity index (χ2v) is 17.5. The van der Waals surface area contributed by atoms with Crippen molar-refractivity contribution in [2.75, 3.05) is 13.7 Å². The number of ether oxygens (including phenoxy) is 5. The zero-order chi connectivity index (χ0) is 46.6. The molecule has 1 fully saturated rings. The van der Waals surface area contributed by atoms with Crippen molar-refractivity contribution in [1.82, 2.24) is 14.1 Å². The quantitative estimate of drug-likeness (QED) is 0.0713. The number of para-hydroxylation sites is 2. The van der Waals surface area contributed by atoms with Crippen molar-refractivity contribution in [2.45, 2.75) is 24.5 Å². The molecule has 0 spiro atoms. The Morgan fingerprint density at radius 3 is 1.87 bits per heavy atom. The lowest BCUT2D eigenvalue weighted by Crippen LogP contribution is -2.42. The van der Waals surface area contributed by atoms with E-state index in [1.165, 1.54) is 11.7 Å². The number of aromatic nitrogens is 3. The number of carbonyl (C=O) groups excluding carboxylic acids is 3. The average molecular weight is 1040 g/mol. The molecule has 15 heteroatoms. The molecule has 0 saturated carbocycles. The van der Waals surface area contributed by atoms with Gasteiger partial charge in [-0.15, -0.1) is 0 Å². The van der Waals surface area contributed by atoms with Crippen LogP contribution >= 0.6 is 44.1 Å². The standard InChI is InChI=1S/C52H38Br2N4O8S/c1-62-41-23-12-11-22-40(41)57-46(55)43-38(35-20-13-21-37(54)28-35)29-39(31-24-26-36(53)27-25-31)56-47(43)58(52(57)67)48-45(66-51(61)34-18-9-4-10-19-34)44(65-50(60)33-16-7-3-8-17-33)42(64-48)30-63-49(59)32-14-5-2-6-15-32/h2-29,42,44-45,48,55H,30H2,1H3/t42-,44-,45-,48-/m1/s1. The van der Waals surface area contributed by atoms with Crippen LogP contribution in [0, 0.1) is 10.2 Å². The van der Waals surface area contributed by atoms with E-state index in [1.807, 2.05) is 54.6 Å². The van der Waals surface area contributed by atoms with E-state index in [-0.39, 0.29) is 32.6 Å². The van der Waals surface area contributed by atoms with Crippen LogP contribution in [0.3, 0.4) is 0 Å². The van der Waals surface area contributed by atoms with Gasteiger partial charge in [0.05, 0.1) is 40.6 Å². The topological polar surface area (TPSA) is 144 Å². The lowest BCUT2D eigenvalue weighted by atomic mass is 9.99. The van der Waals surface area contributed by atoms with Crippen molar-refractivity contribution in [3.05, 3.63) is 206 Å². The van der Waals surface area contributed by atoms with Gasteiger partial charge in [-0.1, -0.05) is 123 Å². The Bertz CT molecular complexity index is 3260. The van der Waals surface area contributed by atoms with Crippen LogP contribution in [0.1, 0.15) is 37.3 Å². The van der Waals surface area contributed by atoms with Gasteiger partial charge >= 0.3 is 17.9 Å². The van der Waals surface area contributed by atoms with Crippen molar-refractivity contribution >= 4 is 73.0 Å². The van der Waals surface area contributed by atoms with E-state index in [4.69, 9.17) is 40.9 Å². The van der Waals surface area contributed by atoms with Gasteiger partial charge in [-0.25, -0.2) is 19.4 Å². The Balaban J connectivity index is 1.33. The van der Waals surface area contributed by atoms with Gasteiger partial charge in [0.15, 0.2) is 23.2 Å². The molecule has 8 aromatic rings. The summed E-state index contributed by atoms with van der Waals surface area (Å²) in [4.78, 5) is 47.2. The molecule has 1 aliphatic rings. The fraction of sp³-hybridized carbons (Fsp3) is 0.115. The maximum atomic E-state index is 14.3. The van der Waals surface area contributed by atoms with Gasteiger partial charge in [0.25, 0.3) is 0 Å². The fourth-order valence-corrected chi connectivity index (χ4v) is 8.97. The zero-order valence-electron chi connectivity index (χ0n) is 35.5. The molecular formula is C52H38Br2N4O8S. The van der Waals surface area contributed by atoms with Gasteiger partial charge in [-0.2, -0.15) is 0 Å². The molecule has 1 N–H and O–H groups in total. The third kappa shape index (κ3) is 9.36. The molecule has 0 unspecified atom stereocenters. The third-order valence-electron chi connectivity index (χ3n) is 11.1. The first-order valence-corrected chi connectivity index (χ1v) is 22.9. The monoisotopic (exact) mass is 1040 g/mol. The van der Waals surface area contributed by atoms with Crippen LogP contribution in [-0.4, -0.2) is 64.1 Å². The van der Waals surface area contributed by atoms with Crippen LogP contribution in [0.15, 0.2) is 179 Å². The number of pyridine rings is 1. The first kappa shape index (κ1) is 45.1. The van der Waals surface area contributed by atoms with Gasteiger partial charge in [-0.3, -0.25) is 14.5 Å². The maximum absolute atomic E-state index is 14.3. The number of benzene rings is 6. The largest absolute Gasteiger partial charge is 0.495 e. The highest BCUT2D eigenvalue weighted by molar-refractivity contribution is 9.10. The molecule has 3 heterocycles. The summed E-state index contributed by atoms with van der Waals surface area (Å²) < 4.78 is 36.2. The molecule has 0 bridgehead atoms. The number of fused-ring (bicyclic) bond motifs is 1. The van der Waals surface area contributed by atoms with Crippen molar-refractivity contribution in [1.29, 1.82) is 5.41 Å². The minimum absolute atomic E-state index is 0.0107. The van der Waals surface area contributed by atoms with Crippen molar-refractivity contribution in [3.8, 4) is 33.8 Å². The molecule has 6 aromatic carbocycles. The minimum Gasteiger partial charge on any atom is -0.495 e. The normalized spacial score (nSPS) is 16.6. The molecule has 334 valence electrons. The number of carbonyl (C=O) groups is 3. The molecule has 2 aromatic heterocycles. The number of esters is 3. The Morgan fingerprint density at radius 1 is 0.672 bits per heavy atom. The van der Waals surface area contributed by atoms with E-state index in [1.54, 1.807) is 120 Å². The first-order valence-electron chi connectivity index (χ1n) is 20.9. The summed E-state index contributed by atoms with van der Waals surface area (Å²) in [7, 11) is 1.52. The Hall–Kier alpha value is -7.04. The Morgan fingerprint density at radius 2 is 1.25 bits per heavy atom. The minimum atomic E-state index is -1.47. The van der Waals surface area contributed by atoms with Crippen molar-refractivity contribution < 1.29 is 38.1 Å². The second-order valence-electron chi connectivity index (χ2n) is 15.3. The van der Waals surface area contributed by atoms with E-state index >= 15 is 0 Å². The number of nitrogens with one attached hydrogen (secondary N) is 1.